The van der Waals surface area contributed by atoms with Crippen molar-refractivity contribution >= 4 is 11.3 Å². The number of nitrogens with zero attached hydrogens (tertiary/aromatic N) is 2. The van der Waals surface area contributed by atoms with Crippen LogP contribution in [0.3, 0.4) is 0 Å². The molecule has 0 amide bonds. The van der Waals surface area contributed by atoms with Gasteiger partial charge in [-0.3, -0.25) is 4.98 Å². The first-order chi connectivity index (χ1) is 20.9. The highest BCUT2D eigenvalue weighted by Gasteiger charge is 1.98. The summed E-state index contributed by atoms with van der Waals surface area (Å²) in [6.07, 6.45) is 5.98. The molecule has 0 aliphatic rings. The van der Waals surface area contributed by atoms with Crippen LogP contribution in [0, 0.1) is 5.82 Å². The molecule has 2 aromatic carbocycles. The van der Waals surface area contributed by atoms with E-state index in [0.717, 1.165) is 11.3 Å². The lowest BCUT2D eigenvalue weighted by molar-refractivity contribution is 0.604. The number of benzene rings is 2. The summed E-state index contributed by atoms with van der Waals surface area (Å²) in [5, 5.41) is 2.12. The first kappa shape index (κ1) is 38.5. The molecule has 3 aromatic heterocycles. The van der Waals surface area contributed by atoms with Gasteiger partial charge in [0.05, 0.1) is 0 Å². The number of hydrogen-bond donors (Lipinski definition) is 0. The molecule has 44 heavy (non-hydrogen) atoms. The summed E-state index contributed by atoms with van der Waals surface area (Å²) < 4.78 is 14.7. The highest BCUT2D eigenvalue weighted by molar-refractivity contribution is 7.10. The standard InChI is InChI=1S/C9H11F.C9H12.C8H11N.C7H11N.C7H10S/c1-7(2)8-4-3-5-9(10)6-8;1-8(2)9-6-4-3-5-7-9;1-7(2)8-5-3-4-6-9-8;1-7(2)8-5-3-4-6-8;1-6(2)7-4-3-5-8-7/h3-7H,1-2H3;3-8H,1-2H3;3-7H,1-2H3;3-7H,1-2H3;3-6H,1-2H3. The molecular formula is C40H55FN2S. The Labute approximate surface area is 272 Å². The van der Waals surface area contributed by atoms with E-state index in [4.69, 9.17) is 0 Å². The van der Waals surface area contributed by atoms with Crippen LogP contribution >= 0.6 is 11.3 Å². The minimum atomic E-state index is -0.147. The van der Waals surface area contributed by atoms with Gasteiger partial charge in [-0.05, 0) is 96.5 Å². The quantitative estimate of drug-likeness (QED) is 0.193. The zero-order chi connectivity index (χ0) is 32.9. The highest BCUT2D eigenvalue weighted by Crippen LogP contribution is 2.19. The topological polar surface area (TPSA) is 17.8 Å². The molecule has 0 fully saturated rings. The number of aromatic nitrogens is 2. The Morgan fingerprint density at radius 3 is 1.48 bits per heavy atom. The molecule has 0 bridgehead atoms. The van der Waals surface area contributed by atoms with Crippen molar-refractivity contribution in [2.24, 2.45) is 0 Å². The molecule has 0 saturated heterocycles. The molecule has 0 spiro atoms. The van der Waals surface area contributed by atoms with Crippen LogP contribution in [0.2, 0.25) is 0 Å². The molecule has 238 valence electrons. The molecule has 0 unspecified atom stereocenters. The predicted molar refractivity (Wildman–Crippen MR) is 193 cm³/mol. The van der Waals surface area contributed by atoms with Crippen molar-refractivity contribution in [1.82, 2.24) is 9.55 Å². The number of pyridine rings is 1. The first-order valence-corrected chi connectivity index (χ1v) is 16.7. The molecule has 0 atom stereocenters. The van der Waals surface area contributed by atoms with Crippen LogP contribution < -0.4 is 0 Å². The van der Waals surface area contributed by atoms with Gasteiger partial charge < -0.3 is 4.57 Å². The van der Waals surface area contributed by atoms with Gasteiger partial charge in [0.15, 0.2) is 0 Å². The van der Waals surface area contributed by atoms with E-state index in [1.165, 1.54) is 16.5 Å². The van der Waals surface area contributed by atoms with E-state index in [0.29, 0.717) is 29.7 Å². The maximum atomic E-state index is 12.5. The Bertz CT molecular complexity index is 1240. The average molecular weight is 615 g/mol. The van der Waals surface area contributed by atoms with E-state index in [-0.39, 0.29) is 5.82 Å². The third kappa shape index (κ3) is 17.0. The zero-order valence-electron chi connectivity index (χ0n) is 28.6. The van der Waals surface area contributed by atoms with Gasteiger partial charge in [0.1, 0.15) is 5.82 Å². The second-order valence-electron chi connectivity index (χ2n) is 12.1. The van der Waals surface area contributed by atoms with Crippen LogP contribution in [-0.4, -0.2) is 9.55 Å². The minimum Gasteiger partial charge on any atom is -0.352 e. The molecule has 0 saturated carbocycles. The van der Waals surface area contributed by atoms with Crippen LogP contribution in [-0.2, 0) is 0 Å². The Hall–Kier alpha value is -3.50. The van der Waals surface area contributed by atoms with E-state index in [1.807, 2.05) is 60.0 Å². The maximum absolute atomic E-state index is 12.5. The van der Waals surface area contributed by atoms with Crippen molar-refractivity contribution in [3.8, 4) is 0 Å². The lowest BCUT2D eigenvalue weighted by Crippen LogP contribution is -1.94. The predicted octanol–water partition coefficient (Wildman–Crippen LogP) is 12.9. The van der Waals surface area contributed by atoms with Crippen molar-refractivity contribution in [1.29, 1.82) is 0 Å². The van der Waals surface area contributed by atoms with Gasteiger partial charge in [-0.2, -0.15) is 0 Å². The molecule has 0 radical (unpaired) electrons. The molecule has 0 N–H and O–H groups in total. The molecule has 0 aliphatic heterocycles. The van der Waals surface area contributed by atoms with Gasteiger partial charge >= 0.3 is 0 Å². The zero-order valence-corrected chi connectivity index (χ0v) is 29.4. The highest BCUT2D eigenvalue weighted by atomic mass is 32.1. The summed E-state index contributed by atoms with van der Waals surface area (Å²) in [5.41, 5.74) is 3.63. The van der Waals surface area contributed by atoms with Crippen LogP contribution in [0.1, 0.15) is 121 Å². The summed E-state index contributed by atoms with van der Waals surface area (Å²) in [7, 11) is 0. The van der Waals surface area contributed by atoms with E-state index in [2.05, 4.69) is 133 Å². The Balaban J connectivity index is 0.000000276. The van der Waals surface area contributed by atoms with Gasteiger partial charge in [-0.25, -0.2) is 4.39 Å². The van der Waals surface area contributed by atoms with Crippen molar-refractivity contribution in [2.75, 3.05) is 0 Å². The summed E-state index contributed by atoms with van der Waals surface area (Å²) in [5.74, 6) is 2.18. The number of halogens is 1. The van der Waals surface area contributed by atoms with Crippen molar-refractivity contribution in [3.05, 3.63) is 149 Å². The lowest BCUT2D eigenvalue weighted by Gasteiger charge is -2.03. The minimum absolute atomic E-state index is 0.147. The summed E-state index contributed by atoms with van der Waals surface area (Å²) in [6.45, 7) is 21.6. The molecule has 5 rings (SSSR count). The normalized spacial score (nSPS) is 10.3. The fraction of sp³-hybridized carbons (Fsp3) is 0.375. The molecule has 0 aliphatic carbocycles. The smallest absolute Gasteiger partial charge is 0.123 e. The molecule has 5 aromatic rings. The van der Waals surface area contributed by atoms with Crippen LogP contribution in [0.25, 0.3) is 0 Å². The Kier molecular flexibility index (Phi) is 19.3. The van der Waals surface area contributed by atoms with Crippen molar-refractivity contribution < 1.29 is 4.39 Å². The molecule has 3 heterocycles. The van der Waals surface area contributed by atoms with Crippen LogP contribution in [0.5, 0.6) is 0 Å². The summed E-state index contributed by atoms with van der Waals surface area (Å²) in [6, 6.07) is 32.2. The average Bonchev–Trinajstić information content (AvgIpc) is 3.75. The summed E-state index contributed by atoms with van der Waals surface area (Å²) >= 11 is 1.83. The fourth-order valence-corrected chi connectivity index (χ4v) is 4.48. The van der Waals surface area contributed by atoms with E-state index in [1.54, 1.807) is 12.1 Å². The van der Waals surface area contributed by atoms with Gasteiger partial charge in [0.2, 0.25) is 0 Å². The summed E-state index contributed by atoms with van der Waals surface area (Å²) in [4.78, 5) is 5.66. The Morgan fingerprint density at radius 2 is 1.16 bits per heavy atom. The number of hydrogen-bond acceptors (Lipinski definition) is 2. The first-order valence-electron chi connectivity index (χ1n) is 15.8. The van der Waals surface area contributed by atoms with Gasteiger partial charge in [-0.1, -0.05) is 110 Å². The molecular weight excluding hydrogens is 560 g/mol. The van der Waals surface area contributed by atoms with E-state index >= 15 is 0 Å². The second-order valence-corrected chi connectivity index (χ2v) is 13.1. The second kappa shape index (κ2) is 22.1. The molecule has 2 nitrogen and oxygen atoms in total. The third-order valence-electron chi connectivity index (χ3n) is 6.60. The van der Waals surface area contributed by atoms with Crippen molar-refractivity contribution in [3.63, 3.8) is 0 Å². The fourth-order valence-electron chi connectivity index (χ4n) is 3.73. The van der Waals surface area contributed by atoms with Crippen LogP contribution in [0.15, 0.2) is 121 Å². The monoisotopic (exact) mass is 614 g/mol. The largest absolute Gasteiger partial charge is 0.352 e. The van der Waals surface area contributed by atoms with Gasteiger partial charge in [0.25, 0.3) is 0 Å². The maximum Gasteiger partial charge on any atom is 0.123 e. The van der Waals surface area contributed by atoms with Gasteiger partial charge in [-0.15, -0.1) is 11.3 Å². The van der Waals surface area contributed by atoms with Gasteiger partial charge in [0, 0.05) is 35.2 Å². The Morgan fingerprint density at radius 1 is 0.568 bits per heavy atom. The SMILES string of the molecule is CC(C)c1cccc(F)c1.CC(C)c1ccccc1.CC(C)c1ccccn1.CC(C)c1cccs1.CC(C)n1cccc1. The van der Waals surface area contributed by atoms with E-state index < -0.39 is 0 Å². The van der Waals surface area contributed by atoms with Crippen LogP contribution in [0.4, 0.5) is 4.39 Å². The van der Waals surface area contributed by atoms with Crippen molar-refractivity contribution in [2.45, 2.75) is 99.0 Å². The number of thiophene rings is 1. The number of rotatable bonds is 5. The molecule has 4 heteroatoms. The third-order valence-corrected chi connectivity index (χ3v) is 7.77. The lowest BCUT2D eigenvalue weighted by atomic mass is 10.0. The van der Waals surface area contributed by atoms with E-state index in [9.17, 15) is 4.39 Å².